The molecule has 6 rings (SSSR count). The van der Waals surface area contributed by atoms with Crippen LogP contribution in [0.15, 0.2) is 40.5 Å². The molecule has 0 radical (unpaired) electrons. The van der Waals surface area contributed by atoms with Crippen LogP contribution in [0.4, 0.5) is 0 Å². The molecule has 10 heteroatoms. The van der Waals surface area contributed by atoms with Crippen molar-refractivity contribution in [2.75, 3.05) is 33.0 Å². The highest BCUT2D eigenvalue weighted by Gasteiger charge is 2.22. The first-order valence-corrected chi connectivity index (χ1v) is 12.8. The van der Waals surface area contributed by atoms with E-state index >= 15 is 0 Å². The number of hydrogen-bond acceptors (Lipinski definition) is 7. The van der Waals surface area contributed by atoms with E-state index in [-0.39, 0.29) is 18.3 Å². The van der Waals surface area contributed by atoms with Gasteiger partial charge in [-0.3, -0.25) is 18.9 Å². The Morgan fingerprint density at radius 1 is 1.06 bits per heavy atom. The van der Waals surface area contributed by atoms with Crippen LogP contribution in [0.1, 0.15) is 24.2 Å². The van der Waals surface area contributed by atoms with Gasteiger partial charge < -0.3 is 14.4 Å². The number of piperazine rings is 1. The Morgan fingerprint density at radius 2 is 1.89 bits per heavy atom. The van der Waals surface area contributed by atoms with Crippen LogP contribution in [0, 0.1) is 6.92 Å². The average molecular weight is 494 g/mol. The minimum absolute atomic E-state index is 0.108. The maximum Gasteiger partial charge on any atom is 0.291 e. The van der Waals surface area contributed by atoms with E-state index < -0.39 is 0 Å². The summed E-state index contributed by atoms with van der Waals surface area (Å²) in [6.45, 7) is 6.56. The molecule has 4 aromatic rings. The van der Waals surface area contributed by atoms with E-state index in [4.69, 9.17) is 9.47 Å². The van der Waals surface area contributed by atoms with Crippen molar-refractivity contribution in [1.82, 2.24) is 24.0 Å². The van der Waals surface area contributed by atoms with Gasteiger partial charge in [-0.15, -0.1) is 11.3 Å². The summed E-state index contributed by atoms with van der Waals surface area (Å²) in [6.07, 6.45) is 1.00. The van der Waals surface area contributed by atoms with Gasteiger partial charge in [-0.1, -0.05) is 6.07 Å². The molecule has 182 valence electrons. The fourth-order valence-electron chi connectivity index (χ4n) is 4.97. The number of amides is 1. The first-order valence-electron chi connectivity index (χ1n) is 11.9. The summed E-state index contributed by atoms with van der Waals surface area (Å²) in [5.41, 5.74) is 2.74. The highest BCUT2D eigenvalue weighted by molar-refractivity contribution is 7.17. The fourth-order valence-corrected chi connectivity index (χ4v) is 5.77. The number of rotatable bonds is 6. The molecule has 2 aliphatic rings. The predicted molar refractivity (Wildman–Crippen MR) is 133 cm³/mol. The quantitative estimate of drug-likeness (QED) is 0.411. The third kappa shape index (κ3) is 4.17. The van der Waals surface area contributed by atoms with Gasteiger partial charge in [0.15, 0.2) is 11.5 Å². The van der Waals surface area contributed by atoms with E-state index in [1.54, 1.807) is 11.3 Å². The molecule has 1 saturated heterocycles. The number of benzene rings is 1. The van der Waals surface area contributed by atoms with Gasteiger partial charge in [-0.2, -0.15) is 5.10 Å². The Balaban J connectivity index is 1.02. The molecule has 0 bridgehead atoms. The normalized spacial score (nSPS) is 16.0. The molecule has 1 fully saturated rings. The number of carbonyl (C=O) groups is 1. The second-order valence-corrected chi connectivity index (χ2v) is 10.0. The summed E-state index contributed by atoms with van der Waals surface area (Å²) < 4.78 is 15.4. The molecule has 0 unspecified atom stereocenters. The van der Waals surface area contributed by atoms with E-state index in [0.717, 1.165) is 47.2 Å². The van der Waals surface area contributed by atoms with Crippen LogP contribution in [0.5, 0.6) is 11.5 Å². The second kappa shape index (κ2) is 9.01. The lowest BCUT2D eigenvalue weighted by Gasteiger charge is -2.34. The summed E-state index contributed by atoms with van der Waals surface area (Å²) in [7, 11) is 0. The molecular formula is C25H27N5O4S. The van der Waals surface area contributed by atoms with E-state index in [1.807, 2.05) is 45.9 Å². The molecule has 5 heterocycles. The zero-order chi connectivity index (χ0) is 23.9. The maximum absolute atomic E-state index is 12.9. The van der Waals surface area contributed by atoms with Crippen LogP contribution in [-0.4, -0.2) is 62.9 Å². The third-order valence-electron chi connectivity index (χ3n) is 6.79. The molecule has 35 heavy (non-hydrogen) atoms. The zero-order valence-electron chi connectivity index (χ0n) is 19.6. The highest BCUT2D eigenvalue weighted by atomic mass is 32.1. The lowest BCUT2D eigenvalue weighted by Crippen LogP contribution is -2.48. The highest BCUT2D eigenvalue weighted by Crippen LogP contribution is 2.33. The van der Waals surface area contributed by atoms with Gasteiger partial charge in [-0.05, 0) is 48.6 Å². The van der Waals surface area contributed by atoms with E-state index in [0.29, 0.717) is 38.0 Å². The largest absolute Gasteiger partial charge is 0.454 e. The summed E-state index contributed by atoms with van der Waals surface area (Å²) in [5.74, 6) is 2.51. The number of fused-ring (bicyclic) bond motifs is 4. The molecular weight excluding hydrogens is 466 g/mol. The predicted octanol–water partition coefficient (Wildman–Crippen LogP) is 2.87. The molecule has 1 aromatic carbocycles. The van der Waals surface area contributed by atoms with E-state index in [1.165, 1.54) is 10.2 Å². The minimum atomic E-state index is -0.108. The van der Waals surface area contributed by atoms with E-state index in [9.17, 15) is 9.59 Å². The fraction of sp³-hybridized carbons (Fsp3) is 0.400. The van der Waals surface area contributed by atoms with Crippen molar-refractivity contribution in [2.24, 2.45) is 0 Å². The number of ether oxygens (including phenoxy) is 2. The lowest BCUT2D eigenvalue weighted by molar-refractivity contribution is -0.133. The van der Waals surface area contributed by atoms with Crippen molar-refractivity contribution in [2.45, 2.75) is 32.9 Å². The van der Waals surface area contributed by atoms with Gasteiger partial charge in [0, 0.05) is 45.7 Å². The zero-order valence-corrected chi connectivity index (χ0v) is 20.4. The number of hydrogen-bond donors (Lipinski definition) is 0. The Labute approximate surface area is 206 Å². The number of aryl methyl sites for hydroxylation is 2. The smallest absolute Gasteiger partial charge is 0.291 e. The number of carbonyl (C=O) groups excluding carboxylic acids is 1. The minimum Gasteiger partial charge on any atom is -0.454 e. The van der Waals surface area contributed by atoms with Crippen molar-refractivity contribution in [3.8, 4) is 11.5 Å². The van der Waals surface area contributed by atoms with Crippen LogP contribution < -0.4 is 15.0 Å². The number of aromatic nitrogens is 3. The molecule has 2 aliphatic heterocycles. The van der Waals surface area contributed by atoms with Gasteiger partial charge >= 0.3 is 0 Å². The molecule has 9 nitrogen and oxygen atoms in total. The monoisotopic (exact) mass is 493 g/mol. The van der Waals surface area contributed by atoms with Crippen molar-refractivity contribution in [3.05, 3.63) is 57.5 Å². The van der Waals surface area contributed by atoms with Gasteiger partial charge in [0.05, 0.1) is 10.2 Å². The lowest BCUT2D eigenvalue weighted by atomic mass is 10.1. The van der Waals surface area contributed by atoms with Gasteiger partial charge in [0.2, 0.25) is 12.7 Å². The first kappa shape index (κ1) is 22.1. The van der Waals surface area contributed by atoms with Crippen molar-refractivity contribution >= 4 is 33.0 Å². The summed E-state index contributed by atoms with van der Waals surface area (Å²) in [6, 6.07) is 10.0. The third-order valence-corrected chi connectivity index (χ3v) is 7.65. The Morgan fingerprint density at radius 3 is 2.74 bits per heavy atom. The van der Waals surface area contributed by atoms with Crippen LogP contribution >= 0.6 is 11.3 Å². The Kier molecular flexibility index (Phi) is 5.69. The maximum atomic E-state index is 12.9. The molecule has 0 saturated carbocycles. The van der Waals surface area contributed by atoms with Gasteiger partial charge in [-0.25, -0.2) is 4.68 Å². The van der Waals surface area contributed by atoms with Crippen LogP contribution in [0.25, 0.3) is 15.7 Å². The van der Waals surface area contributed by atoms with Crippen molar-refractivity contribution < 1.29 is 14.3 Å². The topological polar surface area (TPSA) is 81.3 Å². The molecule has 0 N–H and O–H groups in total. The Bertz CT molecular complexity index is 1460. The molecule has 1 amide bonds. The molecule has 0 atom stereocenters. The molecule has 0 spiro atoms. The van der Waals surface area contributed by atoms with E-state index in [2.05, 4.69) is 16.1 Å². The average Bonchev–Trinajstić information content (AvgIpc) is 3.58. The SMILES string of the molecule is Cc1nn(CCCC(=O)N2CCN(Cc3ccc4c(c3)OCO4)CC2)c(=O)c2cc3sccc3n12. The van der Waals surface area contributed by atoms with Gasteiger partial charge in [0.25, 0.3) is 5.56 Å². The Hall–Kier alpha value is -3.37. The standard InChI is InChI=1S/C25H27N5O4S/c1-17-26-29(25(32)20-14-23-19(30(17)20)6-12-35-23)7-2-3-24(31)28-10-8-27(9-11-28)15-18-4-5-21-22(13-18)34-16-33-21/h4-6,12-14H,2-3,7-11,15-16H2,1H3. The van der Waals surface area contributed by atoms with Crippen molar-refractivity contribution in [3.63, 3.8) is 0 Å². The van der Waals surface area contributed by atoms with Crippen LogP contribution in [0.3, 0.4) is 0 Å². The summed E-state index contributed by atoms with van der Waals surface area (Å²) in [4.78, 5) is 30.0. The summed E-state index contributed by atoms with van der Waals surface area (Å²) >= 11 is 1.62. The second-order valence-electron chi connectivity index (χ2n) is 9.06. The molecule has 3 aromatic heterocycles. The summed E-state index contributed by atoms with van der Waals surface area (Å²) in [5, 5.41) is 6.53. The molecule has 0 aliphatic carbocycles. The number of thiophene rings is 1. The van der Waals surface area contributed by atoms with Crippen LogP contribution in [0.2, 0.25) is 0 Å². The van der Waals surface area contributed by atoms with Gasteiger partial charge in [0.1, 0.15) is 11.3 Å². The van der Waals surface area contributed by atoms with Crippen molar-refractivity contribution in [1.29, 1.82) is 0 Å². The van der Waals surface area contributed by atoms with Crippen LogP contribution in [-0.2, 0) is 17.9 Å². The first-order chi connectivity index (χ1) is 17.1. The number of nitrogens with zero attached hydrogens (tertiary/aromatic N) is 5.